The molecule has 156 valence electrons. The van der Waals surface area contributed by atoms with E-state index in [1.165, 1.54) is 0 Å². The third kappa shape index (κ3) is 3.85. The molecule has 1 saturated heterocycles. The van der Waals surface area contributed by atoms with Gasteiger partial charge in [0, 0.05) is 30.6 Å². The quantitative estimate of drug-likeness (QED) is 0.643. The van der Waals surface area contributed by atoms with Crippen LogP contribution in [0.25, 0.3) is 22.2 Å². The number of pyridine rings is 2. The summed E-state index contributed by atoms with van der Waals surface area (Å²) in [7, 11) is 3.10. The zero-order chi connectivity index (χ0) is 21.3. The third-order valence-corrected chi connectivity index (χ3v) is 5.65. The molecule has 1 aliphatic rings. The summed E-state index contributed by atoms with van der Waals surface area (Å²) >= 11 is 6.31. The minimum Gasteiger partial charge on any atom is -0.495 e. The first-order valence-corrected chi connectivity index (χ1v) is 9.99. The minimum absolute atomic E-state index is 0.0454. The molecule has 1 fully saturated rings. The Morgan fingerprint density at radius 1 is 1.20 bits per heavy atom. The van der Waals surface area contributed by atoms with Crippen LogP contribution in [-0.2, 0) is 4.79 Å². The van der Waals surface area contributed by atoms with Gasteiger partial charge in [0.15, 0.2) is 0 Å². The van der Waals surface area contributed by atoms with Crippen molar-refractivity contribution >= 4 is 28.4 Å². The lowest BCUT2D eigenvalue weighted by atomic mass is 10.0. The van der Waals surface area contributed by atoms with Crippen LogP contribution in [0.15, 0.2) is 36.5 Å². The number of benzene rings is 1. The first-order chi connectivity index (χ1) is 14.5. The average Bonchev–Trinajstić information content (AvgIpc) is 3.20. The van der Waals surface area contributed by atoms with Crippen molar-refractivity contribution in [2.45, 2.75) is 19.4 Å². The molecule has 0 radical (unpaired) electrons. The molecule has 0 saturated carbocycles. The van der Waals surface area contributed by atoms with E-state index >= 15 is 0 Å². The first kappa shape index (κ1) is 20.2. The number of hydrogen-bond donors (Lipinski definition) is 1. The number of amides is 1. The molecule has 3 heterocycles. The number of nitrogens with zero attached hydrogens (tertiary/aromatic N) is 2. The monoisotopic (exact) mass is 427 g/mol. The van der Waals surface area contributed by atoms with Gasteiger partial charge in [-0.2, -0.15) is 0 Å². The Kier molecular flexibility index (Phi) is 5.63. The van der Waals surface area contributed by atoms with Crippen LogP contribution in [0.2, 0.25) is 5.02 Å². The van der Waals surface area contributed by atoms with Crippen molar-refractivity contribution in [3.05, 3.63) is 41.6 Å². The molecule has 1 amide bonds. The summed E-state index contributed by atoms with van der Waals surface area (Å²) in [5.41, 5.74) is 2.16. The fourth-order valence-corrected chi connectivity index (χ4v) is 3.79. The fourth-order valence-electron chi connectivity index (χ4n) is 3.53. The van der Waals surface area contributed by atoms with Crippen LogP contribution in [0, 0.1) is 5.92 Å². The number of halogens is 1. The topological polar surface area (TPSA) is 82.6 Å². The molecule has 0 bridgehead atoms. The maximum absolute atomic E-state index is 11.6. The van der Waals surface area contributed by atoms with Crippen molar-refractivity contribution in [2.75, 3.05) is 20.8 Å². The molecule has 2 atom stereocenters. The van der Waals surface area contributed by atoms with Gasteiger partial charge in [0.2, 0.25) is 11.8 Å². The summed E-state index contributed by atoms with van der Waals surface area (Å²) < 4.78 is 17.0. The Bertz CT molecular complexity index is 1080. The van der Waals surface area contributed by atoms with Crippen molar-refractivity contribution in [3.63, 3.8) is 0 Å². The maximum atomic E-state index is 11.6. The lowest BCUT2D eigenvalue weighted by molar-refractivity contribution is -0.119. The summed E-state index contributed by atoms with van der Waals surface area (Å²) in [5, 5.41) is 4.05. The lowest BCUT2D eigenvalue weighted by Crippen LogP contribution is -2.26. The van der Waals surface area contributed by atoms with E-state index in [0.717, 1.165) is 16.5 Å². The summed E-state index contributed by atoms with van der Waals surface area (Å²) in [5.74, 6) is 1.57. The highest BCUT2D eigenvalue weighted by molar-refractivity contribution is 6.33. The van der Waals surface area contributed by atoms with Gasteiger partial charge in [0.1, 0.15) is 22.6 Å². The van der Waals surface area contributed by atoms with E-state index in [9.17, 15) is 4.79 Å². The van der Waals surface area contributed by atoms with Gasteiger partial charge in [-0.25, -0.2) is 4.98 Å². The van der Waals surface area contributed by atoms with E-state index in [-0.39, 0.29) is 17.9 Å². The average molecular weight is 428 g/mol. The molecule has 4 rings (SSSR count). The molecule has 0 spiro atoms. The van der Waals surface area contributed by atoms with Gasteiger partial charge in [-0.3, -0.25) is 9.78 Å². The standard InChI is InChI=1S/C22H22ClN3O4/c1-12(14-9-20(27)25-11-14)30-22-15-5-4-6-24-17(15)10-16(26-22)13-7-18(28-2)21(23)19(8-13)29-3/h4-8,10,12,14H,9,11H2,1-3H3,(H,25,27). The second-order valence-corrected chi connectivity index (χ2v) is 7.55. The highest BCUT2D eigenvalue weighted by atomic mass is 35.5. The zero-order valence-electron chi connectivity index (χ0n) is 16.9. The SMILES string of the molecule is COc1cc(-c2cc3ncccc3c(OC(C)C3CNC(=O)C3)n2)cc(OC)c1Cl. The summed E-state index contributed by atoms with van der Waals surface area (Å²) in [6.07, 6.45) is 1.98. The van der Waals surface area contributed by atoms with E-state index < -0.39 is 0 Å². The number of carbonyl (C=O) groups excluding carboxylic acids is 1. The van der Waals surface area contributed by atoms with Crippen LogP contribution in [-0.4, -0.2) is 42.7 Å². The number of carbonyl (C=O) groups is 1. The third-order valence-electron chi connectivity index (χ3n) is 5.28. The molecule has 3 aromatic rings. The normalized spacial score (nSPS) is 16.9. The molecule has 30 heavy (non-hydrogen) atoms. The number of aromatic nitrogens is 2. The van der Waals surface area contributed by atoms with E-state index in [1.807, 2.05) is 25.1 Å². The number of hydrogen-bond acceptors (Lipinski definition) is 6. The molecule has 0 aliphatic carbocycles. The number of fused-ring (bicyclic) bond motifs is 1. The Labute approximate surface area is 179 Å². The van der Waals surface area contributed by atoms with Crippen molar-refractivity contribution in [2.24, 2.45) is 5.92 Å². The Balaban J connectivity index is 1.78. The first-order valence-electron chi connectivity index (χ1n) is 9.61. The van der Waals surface area contributed by atoms with Gasteiger partial charge in [-0.1, -0.05) is 11.6 Å². The molecule has 1 aliphatic heterocycles. The molecule has 7 nitrogen and oxygen atoms in total. The van der Waals surface area contributed by atoms with Gasteiger partial charge in [-0.15, -0.1) is 0 Å². The van der Waals surface area contributed by atoms with E-state index in [1.54, 1.807) is 32.5 Å². The van der Waals surface area contributed by atoms with Crippen molar-refractivity contribution < 1.29 is 19.0 Å². The van der Waals surface area contributed by atoms with E-state index in [4.69, 9.17) is 30.8 Å². The van der Waals surface area contributed by atoms with Gasteiger partial charge >= 0.3 is 0 Å². The maximum Gasteiger partial charge on any atom is 0.223 e. The fraction of sp³-hybridized carbons (Fsp3) is 0.318. The van der Waals surface area contributed by atoms with E-state index in [2.05, 4.69) is 10.3 Å². The lowest BCUT2D eigenvalue weighted by Gasteiger charge is -2.20. The second-order valence-electron chi connectivity index (χ2n) is 7.17. The van der Waals surface area contributed by atoms with Crippen LogP contribution >= 0.6 is 11.6 Å². The summed E-state index contributed by atoms with van der Waals surface area (Å²) in [6.45, 7) is 2.55. The molecule has 2 aromatic heterocycles. The van der Waals surface area contributed by atoms with Gasteiger partial charge < -0.3 is 19.5 Å². The largest absolute Gasteiger partial charge is 0.495 e. The van der Waals surface area contributed by atoms with Gasteiger partial charge in [-0.05, 0) is 37.3 Å². The molecular weight excluding hydrogens is 406 g/mol. The van der Waals surface area contributed by atoms with E-state index in [0.29, 0.717) is 41.1 Å². The Morgan fingerprint density at radius 3 is 2.57 bits per heavy atom. The van der Waals surface area contributed by atoms with Crippen molar-refractivity contribution in [3.8, 4) is 28.6 Å². The highest BCUT2D eigenvalue weighted by Crippen LogP contribution is 2.39. The summed E-state index contributed by atoms with van der Waals surface area (Å²) in [6, 6.07) is 9.25. The van der Waals surface area contributed by atoms with Gasteiger partial charge in [0.25, 0.3) is 0 Å². The van der Waals surface area contributed by atoms with Gasteiger partial charge in [0.05, 0.1) is 30.8 Å². The second kappa shape index (κ2) is 8.36. The molecule has 8 heteroatoms. The van der Waals surface area contributed by atoms with Crippen molar-refractivity contribution in [1.82, 2.24) is 15.3 Å². The Hall–Kier alpha value is -3.06. The van der Waals surface area contributed by atoms with Crippen LogP contribution in [0.4, 0.5) is 0 Å². The van der Waals surface area contributed by atoms with Crippen LogP contribution in [0.5, 0.6) is 17.4 Å². The highest BCUT2D eigenvalue weighted by Gasteiger charge is 2.28. The number of nitrogens with one attached hydrogen (secondary N) is 1. The van der Waals surface area contributed by atoms with Crippen LogP contribution in [0.3, 0.4) is 0 Å². The molecule has 1 N–H and O–H groups in total. The zero-order valence-corrected chi connectivity index (χ0v) is 17.7. The van der Waals surface area contributed by atoms with Crippen LogP contribution in [0.1, 0.15) is 13.3 Å². The predicted molar refractivity (Wildman–Crippen MR) is 114 cm³/mol. The predicted octanol–water partition coefficient (Wildman–Crippen LogP) is 3.87. The molecular formula is C22H22ClN3O4. The molecule has 1 aromatic carbocycles. The number of methoxy groups -OCH3 is 2. The smallest absolute Gasteiger partial charge is 0.223 e. The number of rotatable bonds is 6. The molecule has 2 unspecified atom stereocenters. The van der Waals surface area contributed by atoms with Crippen molar-refractivity contribution in [1.29, 1.82) is 0 Å². The number of ether oxygens (including phenoxy) is 3. The Morgan fingerprint density at radius 2 is 1.93 bits per heavy atom. The summed E-state index contributed by atoms with van der Waals surface area (Å²) in [4.78, 5) is 20.8. The minimum atomic E-state index is -0.190. The van der Waals surface area contributed by atoms with Crippen LogP contribution < -0.4 is 19.5 Å².